The second-order valence-corrected chi connectivity index (χ2v) is 4.42. The Kier molecular flexibility index (Phi) is 3.41. The lowest BCUT2D eigenvalue weighted by Gasteiger charge is -2.21. The van der Waals surface area contributed by atoms with Crippen LogP contribution in [-0.2, 0) is 6.54 Å². The molecule has 0 amide bonds. The molecule has 3 rings (SSSR count). The van der Waals surface area contributed by atoms with Gasteiger partial charge in [-0.15, -0.1) is 0 Å². The maximum Gasteiger partial charge on any atom is 0.166 e. The van der Waals surface area contributed by atoms with E-state index < -0.39 is 11.6 Å². The second-order valence-electron chi connectivity index (χ2n) is 4.42. The minimum Gasteiger partial charge on any atom is -0.486 e. The summed E-state index contributed by atoms with van der Waals surface area (Å²) in [5.74, 6) is 0.357. The fraction of sp³-hybridized carbons (Fsp3) is 0.200. The second kappa shape index (κ2) is 5.36. The molecule has 2 aromatic carbocycles. The van der Waals surface area contributed by atoms with Crippen molar-refractivity contribution in [1.82, 2.24) is 0 Å². The van der Waals surface area contributed by atoms with Crippen molar-refractivity contribution in [2.45, 2.75) is 6.54 Å². The largest absolute Gasteiger partial charge is 0.486 e. The van der Waals surface area contributed by atoms with Gasteiger partial charge in [-0.2, -0.15) is 0 Å². The first-order valence-electron chi connectivity index (χ1n) is 6.30. The van der Waals surface area contributed by atoms with Crippen molar-refractivity contribution in [3.63, 3.8) is 0 Å². The Hall–Kier alpha value is -2.30. The van der Waals surface area contributed by atoms with E-state index in [1.165, 1.54) is 0 Å². The molecular formula is C15H13F2NO2. The highest BCUT2D eigenvalue weighted by Gasteiger charge is 2.15. The summed E-state index contributed by atoms with van der Waals surface area (Å²) in [5.41, 5.74) is 0.963. The van der Waals surface area contributed by atoms with Gasteiger partial charge in [-0.25, -0.2) is 8.78 Å². The first-order chi connectivity index (χ1) is 9.74. The van der Waals surface area contributed by atoms with Crippen LogP contribution in [0.2, 0.25) is 0 Å². The van der Waals surface area contributed by atoms with E-state index in [0.29, 0.717) is 31.3 Å². The molecule has 20 heavy (non-hydrogen) atoms. The standard InChI is InChI=1S/C15H13F2NO2/c16-11-4-5-12(17)13(8-11)18-9-10-2-1-3-14-15(10)20-7-6-19-14/h1-5,8,18H,6-7,9H2. The molecule has 0 bridgehead atoms. The average Bonchev–Trinajstić information content (AvgIpc) is 2.48. The molecule has 0 aliphatic carbocycles. The Morgan fingerprint density at radius 2 is 1.90 bits per heavy atom. The van der Waals surface area contributed by atoms with E-state index in [0.717, 1.165) is 23.8 Å². The number of ether oxygens (including phenoxy) is 2. The fourth-order valence-electron chi connectivity index (χ4n) is 2.10. The summed E-state index contributed by atoms with van der Waals surface area (Å²) < 4.78 is 37.7. The predicted molar refractivity (Wildman–Crippen MR) is 71.1 cm³/mol. The molecule has 0 atom stereocenters. The van der Waals surface area contributed by atoms with E-state index in [2.05, 4.69) is 5.32 Å². The van der Waals surface area contributed by atoms with Gasteiger partial charge in [-0.3, -0.25) is 0 Å². The zero-order chi connectivity index (χ0) is 13.9. The van der Waals surface area contributed by atoms with Crippen LogP contribution in [0.25, 0.3) is 0 Å². The monoisotopic (exact) mass is 277 g/mol. The molecule has 104 valence electrons. The number of hydrogen-bond donors (Lipinski definition) is 1. The maximum atomic E-state index is 13.5. The van der Waals surface area contributed by atoms with Gasteiger partial charge in [0.25, 0.3) is 0 Å². The Balaban J connectivity index is 1.80. The number of nitrogens with one attached hydrogen (secondary N) is 1. The molecule has 1 aliphatic rings. The summed E-state index contributed by atoms with van der Waals surface area (Å²) in [6, 6.07) is 8.83. The van der Waals surface area contributed by atoms with E-state index in [1.54, 1.807) is 0 Å². The molecule has 5 heteroatoms. The Labute approximate surface area is 115 Å². The van der Waals surface area contributed by atoms with Crippen LogP contribution in [0, 0.1) is 11.6 Å². The van der Waals surface area contributed by atoms with Crippen molar-refractivity contribution in [3.8, 4) is 11.5 Å². The summed E-state index contributed by atoms with van der Waals surface area (Å²) in [4.78, 5) is 0. The number of benzene rings is 2. The lowest BCUT2D eigenvalue weighted by atomic mass is 10.1. The summed E-state index contributed by atoms with van der Waals surface area (Å²) in [6.45, 7) is 1.33. The van der Waals surface area contributed by atoms with Crippen molar-refractivity contribution < 1.29 is 18.3 Å². The van der Waals surface area contributed by atoms with Gasteiger partial charge >= 0.3 is 0 Å². The van der Waals surface area contributed by atoms with E-state index in [4.69, 9.17) is 9.47 Å². The van der Waals surface area contributed by atoms with Crippen molar-refractivity contribution in [3.05, 3.63) is 53.6 Å². The van der Waals surface area contributed by atoms with Crippen LogP contribution < -0.4 is 14.8 Å². The fourth-order valence-corrected chi connectivity index (χ4v) is 2.10. The maximum absolute atomic E-state index is 13.5. The Morgan fingerprint density at radius 3 is 2.80 bits per heavy atom. The highest BCUT2D eigenvalue weighted by molar-refractivity contribution is 5.51. The van der Waals surface area contributed by atoms with Crippen LogP contribution in [0.1, 0.15) is 5.56 Å². The molecule has 3 nitrogen and oxygen atoms in total. The number of para-hydroxylation sites is 1. The van der Waals surface area contributed by atoms with Gasteiger partial charge < -0.3 is 14.8 Å². The number of halogens is 2. The first-order valence-corrected chi connectivity index (χ1v) is 6.30. The summed E-state index contributed by atoms with van der Waals surface area (Å²) in [6.07, 6.45) is 0. The van der Waals surface area contributed by atoms with Crippen molar-refractivity contribution in [2.24, 2.45) is 0 Å². The topological polar surface area (TPSA) is 30.5 Å². The van der Waals surface area contributed by atoms with Gasteiger partial charge in [0.2, 0.25) is 0 Å². The smallest absolute Gasteiger partial charge is 0.166 e. The molecule has 0 radical (unpaired) electrons. The molecule has 1 heterocycles. The third-order valence-corrected chi connectivity index (χ3v) is 3.05. The molecular weight excluding hydrogens is 264 g/mol. The van der Waals surface area contributed by atoms with Crippen molar-refractivity contribution >= 4 is 5.69 Å². The third kappa shape index (κ3) is 2.52. The predicted octanol–water partition coefficient (Wildman–Crippen LogP) is 3.35. The van der Waals surface area contributed by atoms with Crippen LogP contribution >= 0.6 is 0 Å². The zero-order valence-corrected chi connectivity index (χ0v) is 10.7. The number of rotatable bonds is 3. The molecule has 0 spiro atoms. The molecule has 1 aliphatic heterocycles. The highest BCUT2D eigenvalue weighted by Crippen LogP contribution is 2.34. The van der Waals surface area contributed by atoms with Crippen LogP contribution in [0.4, 0.5) is 14.5 Å². The molecule has 0 saturated carbocycles. The quantitative estimate of drug-likeness (QED) is 0.933. The van der Waals surface area contributed by atoms with Crippen LogP contribution in [0.15, 0.2) is 36.4 Å². The van der Waals surface area contributed by atoms with Crippen LogP contribution in [0.3, 0.4) is 0 Å². The van der Waals surface area contributed by atoms with Gasteiger partial charge in [-0.05, 0) is 24.3 Å². The van der Waals surface area contributed by atoms with Gasteiger partial charge in [0, 0.05) is 12.1 Å². The lowest BCUT2D eigenvalue weighted by molar-refractivity contribution is 0.170. The Morgan fingerprint density at radius 1 is 1.05 bits per heavy atom. The summed E-state index contributed by atoms with van der Waals surface area (Å²) in [5, 5.41) is 2.87. The average molecular weight is 277 g/mol. The normalized spacial score (nSPS) is 13.1. The lowest BCUT2D eigenvalue weighted by Crippen LogP contribution is -2.17. The van der Waals surface area contributed by atoms with Crippen molar-refractivity contribution in [1.29, 1.82) is 0 Å². The number of hydrogen-bond acceptors (Lipinski definition) is 3. The van der Waals surface area contributed by atoms with Crippen molar-refractivity contribution in [2.75, 3.05) is 18.5 Å². The molecule has 0 unspecified atom stereocenters. The van der Waals surface area contributed by atoms with E-state index in [1.807, 2.05) is 18.2 Å². The van der Waals surface area contributed by atoms with Gasteiger partial charge in [0.1, 0.15) is 24.8 Å². The molecule has 1 N–H and O–H groups in total. The number of fused-ring (bicyclic) bond motifs is 1. The van der Waals surface area contributed by atoms with Gasteiger partial charge in [0.05, 0.1) is 5.69 Å². The number of anilines is 1. The van der Waals surface area contributed by atoms with Gasteiger partial charge in [0.15, 0.2) is 11.5 Å². The van der Waals surface area contributed by atoms with E-state index in [-0.39, 0.29) is 5.69 Å². The zero-order valence-electron chi connectivity index (χ0n) is 10.7. The third-order valence-electron chi connectivity index (χ3n) is 3.05. The first kappa shape index (κ1) is 12.7. The van der Waals surface area contributed by atoms with Crippen LogP contribution in [0.5, 0.6) is 11.5 Å². The molecule has 0 aromatic heterocycles. The molecule has 0 saturated heterocycles. The Bertz CT molecular complexity index is 631. The molecule has 2 aromatic rings. The minimum absolute atomic E-state index is 0.124. The van der Waals surface area contributed by atoms with Crippen LogP contribution in [-0.4, -0.2) is 13.2 Å². The molecule has 0 fully saturated rings. The van der Waals surface area contributed by atoms with E-state index >= 15 is 0 Å². The summed E-state index contributed by atoms with van der Waals surface area (Å²) in [7, 11) is 0. The van der Waals surface area contributed by atoms with E-state index in [9.17, 15) is 8.78 Å². The SMILES string of the molecule is Fc1ccc(F)c(NCc2cccc3c2OCCO3)c1. The van der Waals surface area contributed by atoms with Gasteiger partial charge in [-0.1, -0.05) is 12.1 Å². The summed E-state index contributed by atoms with van der Waals surface area (Å²) >= 11 is 0. The minimum atomic E-state index is -0.492. The highest BCUT2D eigenvalue weighted by atomic mass is 19.1.